The predicted octanol–water partition coefficient (Wildman–Crippen LogP) is 0.964. The van der Waals surface area contributed by atoms with E-state index in [0.29, 0.717) is 32.0 Å². The number of ether oxygens (including phenoxy) is 1. The molecule has 19 heavy (non-hydrogen) atoms. The van der Waals surface area contributed by atoms with E-state index in [9.17, 15) is 9.59 Å². The van der Waals surface area contributed by atoms with Crippen LogP contribution >= 0.6 is 0 Å². The maximum absolute atomic E-state index is 11.9. The van der Waals surface area contributed by atoms with E-state index in [1.54, 1.807) is 0 Å². The van der Waals surface area contributed by atoms with Gasteiger partial charge < -0.3 is 20.5 Å². The SMILES string of the molecule is CC1COCCC1NC(=O)NC1CCC(C(=O)O)C1. The van der Waals surface area contributed by atoms with Crippen molar-refractivity contribution < 1.29 is 19.4 Å². The molecular formula is C13H22N2O4. The maximum atomic E-state index is 11.9. The number of aliphatic carboxylic acids is 1. The van der Waals surface area contributed by atoms with Gasteiger partial charge in [0.05, 0.1) is 12.5 Å². The largest absolute Gasteiger partial charge is 0.481 e. The monoisotopic (exact) mass is 270 g/mol. The van der Waals surface area contributed by atoms with E-state index in [4.69, 9.17) is 9.84 Å². The van der Waals surface area contributed by atoms with Crippen molar-refractivity contribution in [3.63, 3.8) is 0 Å². The molecule has 0 spiro atoms. The van der Waals surface area contributed by atoms with Crippen LogP contribution in [0.1, 0.15) is 32.6 Å². The minimum absolute atomic E-state index is 0.0174. The lowest BCUT2D eigenvalue weighted by molar-refractivity contribution is -0.141. The Hall–Kier alpha value is -1.30. The van der Waals surface area contributed by atoms with E-state index in [0.717, 1.165) is 12.8 Å². The van der Waals surface area contributed by atoms with Gasteiger partial charge in [0.1, 0.15) is 0 Å². The van der Waals surface area contributed by atoms with Crippen LogP contribution in [0.3, 0.4) is 0 Å². The molecule has 1 saturated heterocycles. The lowest BCUT2D eigenvalue weighted by Crippen LogP contribution is -2.50. The molecule has 0 aromatic rings. The Morgan fingerprint density at radius 1 is 1.21 bits per heavy atom. The molecule has 6 heteroatoms. The first kappa shape index (κ1) is 14.1. The van der Waals surface area contributed by atoms with Crippen molar-refractivity contribution in [3.05, 3.63) is 0 Å². The minimum atomic E-state index is -0.761. The summed E-state index contributed by atoms with van der Waals surface area (Å²) in [6.45, 7) is 3.41. The molecule has 1 heterocycles. The van der Waals surface area contributed by atoms with Gasteiger partial charge in [0, 0.05) is 18.7 Å². The summed E-state index contributed by atoms with van der Waals surface area (Å²) in [6.07, 6.45) is 2.75. The zero-order chi connectivity index (χ0) is 13.8. The van der Waals surface area contributed by atoms with Crippen LogP contribution in [0.15, 0.2) is 0 Å². The van der Waals surface area contributed by atoms with Crippen molar-refractivity contribution >= 4 is 12.0 Å². The maximum Gasteiger partial charge on any atom is 0.315 e. The summed E-state index contributed by atoms with van der Waals surface area (Å²) in [7, 11) is 0. The number of carbonyl (C=O) groups excluding carboxylic acids is 1. The Balaban J connectivity index is 1.74. The van der Waals surface area contributed by atoms with Crippen LogP contribution < -0.4 is 10.6 Å². The molecule has 2 aliphatic rings. The summed E-state index contributed by atoms with van der Waals surface area (Å²) in [4.78, 5) is 22.7. The smallest absolute Gasteiger partial charge is 0.315 e. The van der Waals surface area contributed by atoms with Crippen LogP contribution in [0.25, 0.3) is 0 Å². The van der Waals surface area contributed by atoms with Crippen molar-refractivity contribution in [2.45, 2.75) is 44.7 Å². The van der Waals surface area contributed by atoms with E-state index >= 15 is 0 Å². The first-order valence-corrected chi connectivity index (χ1v) is 6.94. The van der Waals surface area contributed by atoms with E-state index in [2.05, 4.69) is 17.6 Å². The van der Waals surface area contributed by atoms with Gasteiger partial charge in [-0.25, -0.2) is 4.79 Å². The van der Waals surface area contributed by atoms with E-state index in [-0.39, 0.29) is 24.0 Å². The second-order valence-corrected chi connectivity index (χ2v) is 5.61. The fourth-order valence-electron chi connectivity index (χ4n) is 2.83. The minimum Gasteiger partial charge on any atom is -0.481 e. The molecule has 2 fully saturated rings. The fraction of sp³-hybridized carbons (Fsp3) is 0.846. The molecule has 0 aromatic carbocycles. The van der Waals surface area contributed by atoms with Gasteiger partial charge in [-0.3, -0.25) is 4.79 Å². The van der Waals surface area contributed by atoms with E-state index in [1.165, 1.54) is 0 Å². The van der Waals surface area contributed by atoms with Crippen molar-refractivity contribution in [1.29, 1.82) is 0 Å². The highest BCUT2D eigenvalue weighted by Gasteiger charge is 2.31. The van der Waals surface area contributed by atoms with Crippen molar-refractivity contribution in [2.75, 3.05) is 13.2 Å². The Morgan fingerprint density at radius 3 is 2.63 bits per heavy atom. The quantitative estimate of drug-likeness (QED) is 0.713. The van der Waals surface area contributed by atoms with Gasteiger partial charge in [-0.2, -0.15) is 0 Å². The van der Waals surface area contributed by atoms with Crippen LogP contribution in [0.2, 0.25) is 0 Å². The molecule has 1 aliphatic heterocycles. The number of carbonyl (C=O) groups is 2. The van der Waals surface area contributed by atoms with Crippen LogP contribution in [0.4, 0.5) is 4.79 Å². The van der Waals surface area contributed by atoms with Crippen molar-refractivity contribution in [2.24, 2.45) is 11.8 Å². The number of carboxylic acid groups (broad SMARTS) is 1. The molecule has 1 saturated carbocycles. The average molecular weight is 270 g/mol. The first-order chi connectivity index (χ1) is 9.06. The van der Waals surface area contributed by atoms with Crippen molar-refractivity contribution in [3.8, 4) is 0 Å². The summed E-state index contributed by atoms with van der Waals surface area (Å²) >= 11 is 0. The third-order valence-corrected chi connectivity index (χ3v) is 4.07. The summed E-state index contributed by atoms with van der Waals surface area (Å²) < 4.78 is 5.33. The van der Waals surface area contributed by atoms with Gasteiger partial charge in [0.15, 0.2) is 0 Å². The zero-order valence-electron chi connectivity index (χ0n) is 11.2. The molecule has 4 unspecified atom stereocenters. The van der Waals surface area contributed by atoms with Crippen LogP contribution in [-0.4, -0.2) is 42.4 Å². The highest BCUT2D eigenvalue weighted by molar-refractivity contribution is 5.75. The normalized spacial score (nSPS) is 34.8. The number of nitrogens with one attached hydrogen (secondary N) is 2. The van der Waals surface area contributed by atoms with Gasteiger partial charge >= 0.3 is 12.0 Å². The number of urea groups is 1. The molecule has 6 nitrogen and oxygen atoms in total. The molecule has 1 aliphatic carbocycles. The Morgan fingerprint density at radius 2 is 2.00 bits per heavy atom. The lowest BCUT2D eigenvalue weighted by atomic mass is 9.98. The van der Waals surface area contributed by atoms with E-state index in [1.807, 2.05) is 0 Å². The molecular weight excluding hydrogens is 248 g/mol. The third kappa shape index (κ3) is 3.83. The summed E-state index contributed by atoms with van der Waals surface area (Å²) in [5.74, 6) is -0.759. The Kier molecular flexibility index (Phi) is 4.63. The number of carboxylic acids is 1. The van der Waals surface area contributed by atoms with Gasteiger partial charge in [0.2, 0.25) is 0 Å². The lowest BCUT2D eigenvalue weighted by Gasteiger charge is -2.30. The number of hydrogen-bond acceptors (Lipinski definition) is 3. The van der Waals surface area contributed by atoms with Crippen molar-refractivity contribution in [1.82, 2.24) is 10.6 Å². The topological polar surface area (TPSA) is 87.7 Å². The van der Waals surface area contributed by atoms with Gasteiger partial charge in [-0.05, 0) is 31.6 Å². The van der Waals surface area contributed by atoms with E-state index < -0.39 is 5.97 Å². The number of hydrogen-bond donors (Lipinski definition) is 3. The molecule has 0 bridgehead atoms. The van der Waals surface area contributed by atoms with Crippen LogP contribution in [0, 0.1) is 11.8 Å². The molecule has 3 N–H and O–H groups in total. The van der Waals surface area contributed by atoms with Gasteiger partial charge in [-0.1, -0.05) is 6.92 Å². The predicted molar refractivity (Wildman–Crippen MR) is 68.8 cm³/mol. The Bertz CT molecular complexity index is 348. The number of amides is 2. The average Bonchev–Trinajstić information content (AvgIpc) is 2.80. The molecule has 108 valence electrons. The number of rotatable bonds is 3. The zero-order valence-corrected chi connectivity index (χ0v) is 11.2. The molecule has 2 amide bonds. The summed E-state index contributed by atoms with van der Waals surface area (Å²) in [5, 5.41) is 14.8. The Labute approximate surface area is 112 Å². The van der Waals surface area contributed by atoms with Crippen LogP contribution in [-0.2, 0) is 9.53 Å². The molecule has 2 rings (SSSR count). The standard InChI is InChI=1S/C13H22N2O4/c1-8-7-19-5-4-11(8)15-13(18)14-10-3-2-9(6-10)12(16)17/h8-11H,2-7H2,1H3,(H,16,17)(H2,14,15,18). The van der Waals surface area contributed by atoms with Gasteiger partial charge in [-0.15, -0.1) is 0 Å². The third-order valence-electron chi connectivity index (χ3n) is 4.07. The molecule has 4 atom stereocenters. The summed E-state index contributed by atoms with van der Waals surface area (Å²) in [5.41, 5.74) is 0. The second-order valence-electron chi connectivity index (χ2n) is 5.61. The summed E-state index contributed by atoms with van der Waals surface area (Å²) in [6, 6.07) is -0.0588. The van der Waals surface area contributed by atoms with Gasteiger partial charge in [0.25, 0.3) is 0 Å². The fourth-order valence-corrected chi connectivity index (χ4v) is 2.83. The first-order valence-electron chi connectivity index (χ1n) is 6.94. The molecule has 0 aromatic heterocycles. The second kappa shape index (κ2) is 6.23. The highest BCUT2D eigenvalue weighted by Crippen LogP contribution is 2.25. The highest BCUT2D eigenvalue weighted by atomic mass is 16.5. The molecule has 0 radical (unpaired) electrons. The van der Waals surface area contributed by atoms with Crippen LogP contribution in [0.5, 0.6) is 0 Å².